The lowest BCUT2D eigenvalue weighted by molar-refractivity contribution is -0.123. The summed E-state index contributed by atoms with van der Waals surface area (Å²) in [6.45, 7) is 5.29. The highest BCUT2D eigenvalue weighted by atomic mass is 19.3. The molecule has 1 unspecified atom stereocenters. The smallest absolute Gasteiger partial charge is 0.250 e. The molecule has 1 amide bonds. The van der Waals surface area contributed by atoms with E-state index in [4.69, 9.17) is 5.73 Å². The summed E-state index contributed by atoms with van der Waals surface area (Å²) in [5, 5.41) is 5.30. The van der Waals surface area contributed by atoms with Gasteiger partial charge in [0.2, 0.25) is 5.91 Å². The zero-order chi connectivity index (χ0) is 12.8. The highest BCUT2D eigenvalue weighted by Crippen LogP contribution is 2.01. The highest BCUT2D eigenvalue weighted by molar-refractivity contribution is 5.77. The minimum absolute atomic E-state index is 0.112. The van der Waals surface area contributed by atoms with Crippen molar-refractivity contribution in [2.24, 2.45) is 5.73 Å². The minimum Gasteiger partial charge on any atom is -0.351 e. The number of rotatable bonds is 6. The molecule has 0 saturated carbocycles. The average molecular weight is 237 g/mol. The molecule has 0 aromatic rings. The van der Waals surface area contributed by atoms with E-state index in [1.54, 1.807) is 0 Å². The molecule has 0 radical (unpaired) electrons. The van der Waals surface area contributed by atoms with Gasteiger partial charge in [-0.3, -0.25) is 4.79 Å². The molecule has 0 rings (SSSR count). The third-order valence-electron chi connectivity index (χ3n) is 1.79. The van der Waals surface area contributed by atoms with Crippen LogP contribution in [-0.4, -0.2) is 37.0 Å². The zero-order valence-electron chi connectivity index (χ0n) is 10.0. The summed E-state index contributed by atoms with van der Waals surface area (Å²) in [5.41, 5.74) is 5.06. The van der Waals surface area contributed by atoms with Gasteiger partial charge in [0, 0.05) is 24.5 Å². The van der Waals surface area contributed by atoms with E-state index in [9.17, 15) is 13.6 Å². The minimum atomic E-state index is -2.43. The summed E-state index contributed by atoms with van der Waals surface area (Å²) in [5.74, 6) is -0.190. The predicted octanol–water partition coefficient (Wildman–Crippen LogP) is 0.473. The Hall–Kier alpha value is -0.750. The van der Waals surface area contributed by atoms with Gasteiger partial charge in [0.15, 0.2) is 0 Å². The number of carbonyl (C=O) groups is 1. The molecule has 4 N–H and O–H groups in total. The number of hydrogen-bond acceptors (Lipinski definition) is 3. The number of alkyl halides is 2. The zero-order valence-corrected chi connectivity index (χ0v) is 10.0. The van der Waals surface area contributed by atoms with Crippen molar-refractivity contribution in [2.45, 2.75) is 45.2 Å². The van der Waals surface area contributed by atoms with Crippen molar-refractivity contribution < 1.29 is 13.6 Å². The van der Waals surface area contributed by atoms with Crippen LogP contribution in [0.4, 0.5) is 8.78 Å². The number of amides is 1. The monoisotopic (exact) mass is 237 g/mol. The molecule has 0 fully saturated rings. The quantitative estimate of drug-likeness (QED) is 0.629. The molecular weight excluding hydrogens is 216 g/mol. The summed E-state index contributed by atoms with van der Waals surface area (Å²) in [6.07, 6.45) is -2.32. The van der Waals surface area contributed by atoms with E-state index in [2.05, 4.69) is 10.6 Å². The fourth-order valence-electron chi connectivity index (χ4n) is 1.19. The molecule has 0 aliphatic heterocycles. The second-order valence-electron chi connectivity index (χ2n) is 4.73. The van der Waals surface area contributed by atoms with E-state index in [0.29, 0.717) is 0 Å². The maximum atomic E-state index is 11.9. The first kappa shape index (κ1) is 15.2. The number of nitrogens with two attached hydrogens (primary N) is 1. The van der Waals surface area contributed by atoms with Crippen molar-refractivity contribution in [1.82, 2.24) is 10.6 Å². The van der Waals surface area contributed by atoms with Crippen molar-refractivity contribution in [2.75, 3.05) is 13.1 Å². The molecule has 0 aromatic carbocycles. The van der Waals surface area contributed by atoms with Crippen LogP contribution in [-0.2, 0) is 4.79 Å². The number of nitrogens with one attached hydrogen (secondary N) is 2. The van der Waals surface area contributed by atoms with Crippen LogP contribution in [0.2, 0.25) is 0 Å². The molecule has 0 spiro atoms. The molecule has 0 aromatic heterocycles. The van der Waals surface area contributed by atoms with E-state index in [1.807, 2.05) is 20.8 Å². The Balaban J connectivity index is 3.97. The van der Waals surface area contributed by atoms with Crippen molar-refractivity contribution >= 4 is 5.91 Å². The third kappa shape index (κ3) is 8.55. The maximum Gasteiger partial charge on any atom is 0.250 e. The Kier molecular flexibility index (Phi) is 6.43. The van der Waals surface area contributed by atoms with Crippen LogP contribution >= 0.6 is 0 Å². The lowest BCUT2D eigenvalue weighted by atomic mass is 10.1. The van der Waals surface area contributed by atoms with Crippen LogP contribution in [0.5, 0.6) is 0 Å². The first-order chi connectivity index (χ1) is 7.24. The van der Waals surface area contributed by atoms with Crippen molar-refractivity contribution in [3.63, 3.8) is 0 Å². The van der Waals surface area contributed by atoms with Crippen LogP contribution < -0.4 is 16.4 Å². The molecule has 0 saturated heterocycles. The molecule has 6 heteroatoms. The Morgan fingerprint density at radius 3 is 2.31 bits per heavy atom. The Labute approximate surface area is 95.0 Å². The largest absolute Gasteiger partial charge is 0.351 e. The van der Waals surface area contributed by atoms with Gasteiger partial charge in [0.05, 0.1) is 6.54 Å². The van der Waals surface area contributed by atoms with Crippen LogP contribution in [0, 0.1) is 0 Å². The summed E-state index contributed by atoms with van der Waals surface area (Å²) in [7, 11) is 0. The second kappa shape index (κ2) is 6.75. The molecule has 0 heterocycles. The summed E-state index contributed by atoms with van der Waals surface area (Å²) in [4.78, 5) is 11.5. The van der Waals surface area contributed by atoms with Gasteiger partial charge in [-0.25, -0.2) is 8.78 Å². The fourth-order valence-corrected chi connectivity index (χ4v) is 1.19. The standard InChI is InChI=1S/C10H21F2N3O/c1-10(2,3)15-9(16)4-7(5-13)14-6-8(11)12/h7-8,14H,4-6,13H2,1-3H3,(H,15,16). The topological polar surface area (TPSA) is 67.2 Å². The molecule has 1 atom stereocenters. The first-order valence-electron chi connectivity index (χ1n) is 5.27. The van der Waals surface area contributed by atoms with Crippen molar-refractivity contribution in [3.8, 4) is 0 Å². The van der Waals surface area contributed by atoms with Crippen LogP contribution in [0.25, 0.3) is 0 Å². The highest BCUT2D eigenvalue weighted by Gasteiger charge is 2.18. The van der Waals surface area contributed by atoms with Gasteiger partial charge in [0.1, 0.15) is 0 Å². The molecular formula is C10H21F2N3O. The number of halogens is 2. The lowest BCUT2D eigenvalue weighted by Crippen LogP contribution is -2.46. The Morgan fingerprint density at radius 2 is 1.94 bits per heavy atom. The van der Waals surface area contributed by atoms with Gasteiger partial charge in [0.25, 0.3) is 6.43 Å². The normalized spacial score (nSPS) is 13.9. The van der Waals surface area contributed by atoms with Gasteiger partial charge in [-0.2, -0.15) is 0 Å². The molecule has 0 aliphatic rings. The number of hydrogen-bond donors (Lipinski definition) is 3. The molecule has 0 aliphatic carbocycles. The van der Waals surface area contributed by atoms with Gasteiger partial charge in [-0.1, -0.05) is 0 Å². The van der Waals surface area contributed by atoms with E-state index >= 15 is 0 Å². The predicted molar refractivity (Wildman–Crippen MR) is 59.4 cm³/mol. The fraction of sp³-hybridized carbons (Fsp3) is 0.900. The Morgan fingerprint density at radius 1 is 1.38 bits per heavy atom. The van der Waals surface area contributed by atoms with Gasteiger partial charge >= 0.3 is 0 Å². The van der Waals surface area contributed by atoms with E-state index in [-0.39, 0.29) is 24.4 Å². The van der Waals surface area contributed by atoms with Crippen LogP contribution in [0.3, 0.4) is 0 Å². The van der Waals surface area contributed by atoms with Gasteiger partial charge in [-0.15, -0.1) is 0 Å². The van der Waals surface area contributed by atoms with Crippen LogP contribution in [0.1, 0.15) is 27.2 Å². The van der Waals surface area contributed by atoms with E-state index < -0.39 is 19.0 Å². The summed E-state index contributed by atoms with van der Waals surface area (Å²) < 4.78 is 23.9. The average Bonchev–Trinajstić information content (AvgIpc) is 2.08. The summed E-state index contributed by atoms with van der Waals surface area (Å²) >= 11 is 0. The van der Waals surface area contributed by atoms with Gasteiger partial charge < -0.3 is 16.4 Å². The molecule has 0 bridgehead atoms. The Bertz CT molecular complexity index is 217. The molecule has 96 valence electrons. The van der Waals surface area contributed by atoms with Crippen molar-refractivity contribution in [1.29, 1.82) is 0 Å². The van der Waals surface area contributed by atoms with E-state index in [0.717, 1.165) is 0 Å². The van der Waals surface area contributed by atoms with Crippen LogP contribution in [0.15, 0.2) is 0 Å². The maximum absolute atomic E-state index is 11.9. The SMILES string of the molecule is CC(C)(C)NC(=O)CC(CN)NCC(F)F. The molecule has 16 heavy (non-hydrogen) atoms. The first-order valence-corrected chi connectivity index (χ1v) is 5.27. The number of carbonyl (C=O) groups excluding carboxylic acids is 1. The van der Waals surface area contributed by atoms with Crippen molar-refractivity contribution in [3.05, 3.63) is 0 Å². The lowest BCUT2D eigenvalue weighted by Gasteiger charge is -2.23. The third-order valence-corrected chi connectivity index (χ3v) is 1.79. The van der Waals surface area contributed by atoms with Gasteiger partial charge in [-0.05, 0) is 20.8 Å². The molecule has 4 nitrogen and oxygen atoms in total. The second-order valence-corrected chi connectivity index (χ2v) is 4.73. The van der Waals surface area contributed by atoms with E-state index in [1.165, 1.54) is 0 Å². The summed E-state index contributed by atoms with van der Waals surface area (Å²) in [6, 6.07) is -0.406.